The minimum absolute atomic E-state index is 0. The van der Waals surface area contributed by atoms with Crippen LogP contribution in [0, 0.1) is 0 Å². The Morgan fingerprint density at radius 3 is 2.25 bits per heavy atom. The van der Waals surface area contributed by atoms with E-state index in [1.807, 2.05) is 6.92 Å². The fourth-order valence-corrected chi connectivity index (χ4v) is 3.49. The third-order valence-corrected chi connectivity index (χ3v) is 5.22. The molecule has 0 aromatic heterocycles. The van der Waals surface area contributed by atoms with Gasteiger partial charge in [0.15, 0.2) is 0 Å². The second-order valence-electron chi connectivity index (χ2n) is 5.36. The van der Waals surface area contributed by atoms with E-state index < -0.39 is 10.2 Å². The van der Waals surface area contributed by atoms with Gasteiger partial charge in [0, 0.05) is 32.7 Å². The number of rotatable bonds is 8. The van der Waals surface area contributed by atoms with Gasteiger partial charge in [-0.15, -0.1) is 12.4 Å². The van der Waals surface area contributed by atoms with Gasteiger partial charge in [-0.25, -0.2) is 4.72 Å². The summed E-state index contributed by atoms with van der Waals surface area (Å²) in [6.07, 6.45) is 8.55. The fraction of sp³-hybridized carbons (Fsp3) is 1.00. The van der Waals surface area contributed by atoms with Crippen LogP contribution in [0.25, 0.3) is 0 Å². The summed E-state index contributed by atoms with van der Waals surface area (Å²) < 4.78 is 27.6. The molecule has 0 bridgehead atoms. The lowest BCUT2D eigenvalue weighted by atomic mass is 10.1. The lowest BCUT2D eigenvalue weighted by Crippen LogP contribution is -2.42. The number of hydrogen-bond donors (Lipinski definition) is 2. The van der Waals surface area contributed by atoms with Gasteiger partial charge in [-0.1, -0.05) is 32.6 Å². The standard InChI is InChI=1S/C13H29N3O2S.ClH/c1-3-12-16(2)19(17,18)15-11-10-14-13-8-6-4-5-7-9-13;/h13-15H,3-12H2,1-2H3;1H. The average molecular weight is 328 g/mol. The summed E-state index contributed by atoms with van der Waals surface area (Å²) in [5, 5.41) is 3.46. The molecule has 2 N–H and O–H groups in total. The monoisotopic (exact) mass is 327 g/mol. The van der Waals surface area contributed by atoms with Gasteiger partial charge >= 0.3 is 0 Å². The Balaban J connectivity index is 0.00000361. The number of nitrogens with zero attached hydrogens (tertiary/aromatic N) is 1. The average Bonchev–Trinajstić information content (AvgIpc) is 2.63. The molecule has 1 fully saturated rings. The Bertz CT molecular complexity index is 331. The Morgan fingerprint density at radius 2 is 1.70 bits per heavy atom. The third-order valence-electron chi connectivity index (χ3n) is 3.65. The van der Waals surface area contributed by atoms with Crippen molar-refractivity contribution < 1.29 is 8.42 Å². The van der Waals surface area contributed by atoms with Crippen LogP contribution in [0.5, 0.6) is 0 Å². The van der Waals surface area contributed by atoms with Crippen molar-refractivity contribution in [1.82, 2.24) is 14.3 Å². The maximum atomic E-state index is 11.8. The summed E-state index contributed by atoms with van der Waals surface area (Å²) in [4.78, 5) is 0. The molecule has 0 spiro atoms. The summed E-state index contributed by atoms with van der Waals surface area (Å²) in [6.45, 7) is 3.71. The SMILES string of the molecule is CCCN(C)S(=O)(=O)NCCNC1CCCCCC1.Cl. The quantitative estimate of drug-likeness (QED) is 0.528. The van der Waals surface area contributed by atoms with E-state index in [1.54, 1.807) is 7.05 Å². The molecule has 1 aliphatic carbocycles. The van der Waals surface area contributed by atoms with Gasteiger partial charge in [-0.05, 0) is 19.3 Å². The Labute approximate surface area is 130 Å². The lowest BCUT2D eigenvalue weighted by Gasteiger charge is -2.19. The highest BCUT2D eigenvalue weighted by atomic mass is 35.5. The molecular weight excluding hydrogens is 298 g/mol. The molecule has 7 heteroatoms. The van der Waals surface area contributed by atoms with Crippen LogP contribution in [0.1, 0.15) is 51.9 Å². The molecule has 1 rings (SSSR count). The van der Waals surface area contributed by atoms with E-state index in [9.17, 15) is 8.42 Å². The molecule has 0 atom stereocenters. The van der Waals surface area contributed by atoms with E-state index in [1.165, 1.54) is 42.8 Å². The predicted octanol–water partition coefficient (Wildman–Crippen LogP) is 1.90. The van der Waals surface area contributed by atoms with Gasteiger partial charge in [0.2, 0.25) is 0 Å². The van der Waals surface area contributed by atoms with Crippen LogP contribution in [-0.4, -0.2) is 45.4 Å². The molecule has 5 nitrogen and oxygen atoms in total. The maximum absolute atomic E-state index is 11.8. The van der Waals surface area contributed by atoms with Gasteiger partial charge in [0.25, 0.3) is 10.2 Å². The smallest absolute Gasteiger partial charge is 0.279 e. The second-order valence-corrected chi connectivity index (χ2v) is 7.23. The molecule has 0 aromatic carbocycles. The topological polar surface area (TPSA) is 61.4 Å². The third kappa shape index (κ3) is 7.78. The molecule has 1 saturated carbocycles. The van der Waals surface area contributed by atoms with Crippen molar-refractivity contribution in [3.8, 4) is 0 Å². The highest BCUT2D eigenvalue weighted by molar-refractivity contribution is 7.87. The fourth-order valence-electron chi connectivity index (χ4n) is 2.49. The van der Waals surface area contributed by atoms with E-state index in [0.717, 1.165) is 6.42 Å². The first-order valence-corrected chi connectivity index (χ1v) is 8.94. The zero-order chi connectivity index (χ0) is 14.1. The van der Waals surface area contributed by atoms with Gasteiger partial charge in [-0.3, -0.25) is 0 Å². The zero-order valence-electron chi connectivity index (χ0n) is 12.7. The molecule has 1 aliphatic rings. The van der Waals surface area contributed by atoms with E-state index in [0.29, 0.717) is 25.7 Å². The van der Waals surface area contributed by atoms with Crippen LogP contribution >= 0.6 is 12.4 Å². The Hall–Kier alpha value is 0.120. The molecular formula is C13H30ClN3O2S. The van der Waals surface area contributed by atoms with E-state index in [4.69, 9.17) is 0 Å². The van der Waals surface area contributed by atoms with Gasteiger partial charge < -0.3 is 5.32 Å². The largest absolute Gasteiger partial charge is 0.313 e. The Morgan fingerprint density at radius 1 is 1.10 bits per heavy atom. The number of halogens is 1. The van der Waals surface area contributed by atoms with Crippen molar-refractivity contribution in [3.05, 3.63) is 0 Å². The molecule has 0 aliphatic heterocycles. The van der Waals surface area contributed by atoms with Crippen LogP contribution in [0.15, 0.2) is 0 Å². The lowest BCUT2D eigenvalue weighted by molar-refractivity contribution is 0.443. The molecule has 20 heavy (non-hydrogen) atoms. The van der Waals surface area contributed by atoms with Crippen LogP contribution in [0.3, 0.4) is 0 Å². The van der Waals surface area contributed by atoms with Gasteiger partial charge in [0.1, 0.15) is 0 Å². The second kappa shape index (κ2) is 10.8. The molecule has 0 amide bonds. The van der Waals surface area contributed by atoms with Crippen LogP contribution < -0.4 is 10.0 Å². The minimum Gasteiger partial charge on any atom is -0.313 e. The highest BCUT2D eigenvalue weighted by Gasteiger charge is 2.16. The maximum Gasteiger partial charge on any atom is 0.279 e. The summed E-state index contributed by atoms with van der Waals surface area (Å²) in [5.41, 5.74) is 0. The van der Waals surface area contributed by atoms with Gasteiger partial charge in [0.05, 0.1) is 0 Å². The molecule has 0 aromatic rings. The summed E-state index contributed by atoms with van der Waals surface area (Å²) in [6, 6.07) is 0.570. The first-order chi connectivity index (χ1) is 9.06. The normalized spacial score (nSPS) is 17.8. The summed E-state index contributed by atoms with van der Waals surface area (Å²) in [7, 11) is -1.67. The summed E-state index contributed by atoms with van der Waals surface area (Å²) >= 11 is 0. The molecule has 0 heterocycles. The highest BCUT2D eigenvalue weighted by Crippen LogP contribution is 2.16. The molecule has 0 saturated heterocycles. The van der Waals surface area contributed by atoms with Crippen LogP contribution in [0.2, 0.25) is 0 Å². The minimum atomic E-state index is -3.29. The number of nitrogens with one attached hydrogen (secondary N) is 2. The van der Waals surface area contributed by atoms with Crippen molar-refractivity contribution in [1.29, 1.82) is 0 Å². The number of hydrogen-bond acceptors (Lipinski definition) is 3. The summed E-state index contributed by atoms with van der Waals surface area (Å²) in [5.74, 6) is 0. The van der Waals surface area contributed by atoms with Crippen molar-refractivity contribution in [3.63, 3.8) is 0 Å². The van der Waals surface area contributed by atoms with Crippen molar-refractivity contribution in [2.24, 2.45) is 0 Å². The van der Waals surface area contributed by atoms with Crippen molar-refractivity contribution in [2.45, 2.75) is 57.9 Å². The first-order valence-electron chi connectivity index (χ1n) is 7.50. The van der Waals surface area contributed by atoms with Crippen LogP contribution in [0.4, 0.5) is 0 Å². The van der Waals surface area contributed by atoms with E-state index in [2.05, 4.69) is 10.0 Å². The van der Waals surface area contributed by atoms with Crippen LogP contribution in [-0.2, 0) is 10.2 Å². The van der Waals surface area contributed by atoms with Crippen molar-refractivity contribution in [2.75, 3.05) is 26.7 Å². The zero-order valence-corrected chi connectivity index (χ0v) is 14.4. The Kier molecular flexibility index (Phi) is 10.9. The molecule has 122 valence electrons. The van der Waals surface area contributed by atoms with Crippen molar-refractivity contribution >= 4 is 22.6 Å². The molecule has 0 unspecified atom stereocenters. The molecule has 0 radical (unpaired) electrons. The van der Waals surface area contributed by atoms with E-state index in [-0.39, 0.29) is 12.4 Å². The van der Waals surface area contributed by atoms with Gasteiger partial charge in [-0.2, -0.15) is 12.7 Å². The predicted molar refractivity (Wildman–Crippen MR) is 86.6 cm³/mol. The first kappa shape index (κ1) is 20.1. The van der Waals surface area contributed by atoms with E-state index >= 15 is 0 Å².